The van der Waals surface area contributed by atoms with Crippen molar-refractivity contribution in [3.8, 4) is 0 Å². The Kier molecular flexibility index (Phi) is 11.9. The van der Waals surface area contributed by atoms with Crippen molar-refractivity contribution in [3.63, 3.8) is 0 Å². The zero-order valence-corrected chi connectivity index (χ0v) is 19.9. The molecule has 1 aromatic carbocycles. The van der Waals surface area contributed by atoms with Gasteiger partial charge in [-0.2, -0.15) is 0 Å². The molecule has 3 N–H and O–H groups in total. The third-order valence-electron chi connectivity index (χ3n) is 4.30. The van der Waals surface area contributed by atoms with Crippen LogP contribution in [0, 0.1) is 6.92 Å². The predicted octanol–water partition coefficient (Wildman–Crippen LogP) is 3.62. The van der Waals surface area contributed by atoms with E-state index >= 15 is 0 Å². The third kappa shape index (κ3) is 9.64. The summed E-state index contributed by atoms with van der Waals surface area (Å²) >= 11 is 0. The highest BCUT2D eigenvalue weighted by Gasteiger charge is 2.26. The molecular weight excluding hydrogens is 481 g/mol. The normalized spacial score (nSPS) is 13.4. The lowest BCUT2D eigenvalue weighted by Crippen LogP contribution is -2.39. The number of hydrogen-bond acceptors (Lipinski definition) is 4. The molecule has 0 aliphatic carbocycles. The molecule has 0 amide bonds. The first-order valence-corrected chi connectivity index (χ1v) is 9.94. The van der Waals surface area contributed by atoms with E-state index in [1.54, 1.807) is 13.0 Å². The second-order valence-corrected chi connectivity index (χ2v) is 7.01. The molecule has 0 spiro atoms. The number of nitrogens with zero attached hydrogens (tertiary/aromatic N) is 1. The van der Waals surface area contributed by atoms with Gasteiger partial charge in [0.15, 0.2) is 5.96 Å². The van der Waals surface area contributed by atoms with Crippen LogP contribution in [-0.2, 0) is 16.8 Å². The molecule has 2 rings (SSSR count). The van der Waals surface area contributed by atoms with E-state index < -0.39 is 5.60 Å². The maximum absolute atomic E-state index is 10.6. The topological polar surface area (TPSA) is 79.0 Å². The number of guanidine groups is 1. The van der Waals surface area contributed by atoms with Gasteiger partial charge in [0.05, 0.1) is 13.2 Å². The van der Waals surface area contributed by atoms with Gasteiger partial charge in [0, 0.05) is 19.7 Å². The Balaban J connectivity index is 0.00000420. The van der Waals surface area contributed by atoms with Gasteiger partial charge in [0.25, 0.3) is 0 Å². The van der Waals surface area contributed by atoms with Gasteiger partial charge in [-0.15, -0.1) is 24.0 Å². The molecule has 162 valence electrons. The number of ether oxygens (including phenoxy) is 1. The van der Waals surface area contributed by atoms with Gasteiger partial charge in [0.2, 0.25) is 0 Å². The van der Waals surface area contributed by atoms with Crippen LogP contribution in [-0.4, -0.2) is 43.9 Å². The minimum absolute atomic E-state index is 0. The van der Waals surface area contributed by atoms with E-state index in [9.17, 15) is 5.11 Å². The Bertz CT molecular complexity index is 717. The standard InChI is InChI=1S/C22H33N3O3.HI/c1-4-23-21(25-17-22(3,26)20-12-11-18(2)28-20)24-14-8-15-27-16-13-19-9-6-5-7-10-19;/h5-7,9-12,26H,4,8,13-17H2,1-3H3,(H2,23,24,25);1H. The summed E-state index contributed by atoms with van der Waals surface area (Å²) in [4.78, 5) is 4.49. The molecule has 6 nitrogen and oxygen atoms in total. The molecule has 1 aromatic heterocycles. The van der Waals surface area contributed by atoms with E-state index in [1.807, 2.05) is 38.1 Å². The summed E-state index contributed by atoms with van der Waals surface area (Å²) in [6.07, 6.45) is 1.81. The van der Waals surface area contributed by atoms with Gasteiger partial charge < -0.3 is 24.9 Å². The summed E-state index contributed by atoms with van der Waals surface area (Å²) in [7, 11) is 0. The van der Waals surface area contributed by atoms with Gasteiger partial charge in [-0.25, -0.2) is 4.99 Å². The summed E-state index contributed by atoms with van der Waals surface area (Å²) < 4.78 is 11.2. The van der Waals surface area contributed by atoms with Crippen molar-refractivity contribution < 1.29 is 14.3 Å². The van der Waals surface area contributed by atoms with Crippen molar-refractivity contribution in [2.75, 3.05) is 32.8 Å². The van der Waals surface area contributed by atoms with Crippen LogP contribution in [0.2, 0.25) is 0 Å². The smallest absolute Gasteiger partial charge is 0.191 e. The Morgan fingerprint density at radius 3 is 2.55 bits per heavy atom. The van der Waals surface area contributed by atoms with Crippen LogP contribution in [0.5, 0.6) is 0 Å². The van der Waals surface area contributed by atoms with E-state index in [1.165, 1.54) is 5.56 Å². The van der Waals surface area contributed by atoms with E-state index in [4.69, 9.17) is 9.15 Å². The summed E-state index contributed by atoms with van der Waals surface area (Å²) in [6, 6.07) is 14.0. The number of halogens is 1. The molecule has 0 saturated carbocycles. The molecule has 7 heteroatoms. The zero-order valence-electron chi connectivity index (χ0n) is 17.6. The number of nitrogens with one attached hydrogen (secondary N) is 2. The molecule has 0 aliphatic rings. The summed E-state index contributed by atoms with van der Waals surface area (Å²) in [5.74, 6) is 1.98. The van der Waals surface area contributed by atoms with Crippen LogP contribution in [0.25, 0.3) is 0 Å². The average Bonchev–Trinajstić information content (AvgIpc) is 3.13. The molecule has 0 aliphatic heterocycles. The third-order valence-corrected chi connectivity index (χ3v) is 4.30. The Labute approximate surface area is 191 Å². The van der Waals surface area contributed by atoms with Gasteiger partial charge in [-0.1, -0.05) is 30.3 Å². The van der Waals surface area contributed by atoms with Crippen LogP contribution in [0.1, 0.15) is 37.4 Å². The van der Waals surface area contributed by atoms with Crippen LogP contribution in [0.15, 0.2) is 51.9 Å². The number of aliphatic hydroxyl groups is 1. The van der Waals surface area contributed by atoms with Gasteiger partial charge in [-0.3, -0.25) is 0 Å². The number of furan rings is 1. The quantitative estimate of drug-likeness (QED) is 0.185. The number of rotatable bonds is 11. The Hall–Kier alpha value is -1.58. The Morgan fingerprint density at radius 2 is 1.90 bits per heavy atom. The lowest BCUT2D eigenvalue weighted by Gasteiger charge is -2.19. The number of aliphatic imine (C=N–C) groups is 1. The van der Waals surface area contributed by atoms with Crippen LogP contribution in [0.3, 0.4) is 0 Å². The minimum atomic E-state index is -1.14. The van der Waals surface area contributed by atoms with E-state index in [-0.39, 0.29) is 30.5 Å². The minimum Gasteiger partial charge on any atom is -0.463 e. The van der Waals surface area contributed by atoms with Crippen molar-refractivity contribution in [2.45, 2.75) is 39.2 Å². The molecule has 2 aromatic rings. The monoisotopic (exact) mass is 515 g/mol. The molecule has 0 radical (unpaired) electrons. The van der Waals surface area contributed by atoms with Gasteiger partial charge in [0.1, 0.15) is 17.1 Å². The summed E-state index contributed by atoms with van der Waals surface area (Å²) in [5, 5.41) is 17.1. The second-order valence-electron chi connectivity index (χ2n) is 7.01. The average molecular weight is 515 g/mol. The van der Waals surface area contributed by atoms with Crippen molar-refractivity contribution >= 4 is 29.9 Å². The lowest BCUT2D eigenvalue weighted by atomic mass is 10.0. The highest BCUT2D eigenvalue weighted by molar-refractivity contribution is 14.0. The predicted molar refractivity (Wildman–Crippen MR) is 128 cm³/mol. The highest BCUT2D eigenvalue weighted by Crippen LogP contribution is 2.22. The SMILES string of the molecule is CCNC(=NCC(C)(O)c1ccc(C)o1)NCCCOCCc1ccccc1.I. The van der Waals surface area contributed by atoms with Crippen LogP contribution in [0.4, 0.5) is 0 Å². The van der Waals surface area contributed by atoms with E-state index in [0.29, 0.717) is 18.3 Å². The number of aryl methyl sites for hydroxylation is 1. The first-order chi connectivity index (χ1) is 13.5. The molecule has 0 fully saturated rings. The van der Waals surface area contributed by atoms with Crippen molar-refractivity contribution in [2.24, 2.45) is 4.99 Å². The number of hydrogen-bond donors (Lipinski definition) is 3. The van der Waals surface area contributed by atoms with Crippen LogP contribution < -0.4 is 10.6 Å². The molecular formula is C22H34IN3O3. The Morgan fingerprint density at radius 1 is 1.14 bits per heavy atom. The molecule has 1 heterocycles. The molecule has 0 bridgehead atoms. The molecule has 0 saturated heterocycles. The largest absolute Gasteiger partial charge is 0.463 e. The lowest BCUT2D eigenvalue weighted by molar-refractivity contribution is 0.0428. The maximum Gasteiger partial charge on any atom is 0.191 e. The van der Waals surface area contributed by atoms with Gasteiger partial charge >= 0.3 is 0 Å². The van der Waals surface area contributed by atoms with Crippen LogP contribution >= 0.6 is 24.0 Å². The van der Waals surface area contributed by atoms with Crippen molar-refractivity contribution in [1.82, 2.24) is 10.6 Å². The molecule has 1 unspecified atom stereocenters. The number of benzene rings is 1. The fourth-order valence-electron chi connectivity index (χ4n) is 2.69. The van der Waals surface area contributed by atoms with Crippen molar-refractivity contribution in [1.29, 1.82) is 0 Å². The summed E-state index contributed by atoms with van der Waals surface area (Å²) in [5.41, 5.74) is 0.151. The first kappa shape index (κ1) is 25.5. The fourth-order valence-corrected chi connectivity index (χ4v) is 2.69. The van der Waals surface area contributed by atoms with Crippen molar-refractivity contribution in [3.05, 3.63) is 59.5 Å². The molecule has 1 atom stereocenters. The van der Waals surface area contributed by atoms with E-state index in [0.717, 1.165) is 38.3 Å². The highest BCUT2D eigenvalue weighted by atomic mass is 127. The van der Waals surface area contributed by atoms with E-state index in [2.05, 4.69) is 27.8 Å². The maximum atomic E-state index is 10.6. The van der Waals surface area contributed by atoms with Gasteiger partial charge in [-0.05, 0) is 51.3 Å². The first-order valence-electron chi connectivity index (χ1n) is 9.94. The molecule has 29 heavy (non-hydrogen) atoms. The second kappa shape index (κ2) is 13.6. The fraction of sp³-hybridized carbons (Fsp3) is 0.500. The summed E-state index contributed by atoms with van der Waals surface area (Å²) in [6.45, 7) is 8.71. The zero-order chi connectivity index (χ0) is 20.2.